The Hall–Kier alpha value is 0.110. The van der Waals surface area contributed by atoms with Crippen molar-refractivity contribution in [1.82, 2.24) is 5.32 Å². The van der Waals surface area contributed by atoms with E-state index in [0.717, 1.165) is 6.54 Å². The van der Waals surface area contributed by atoms with E-state index in [4.69, 9.17) is 9.79 Å². The summed E-state index contributed by atoms with van der Waals surface area (Å²) in [5.74, 6) is 0. The summed E-state index contributed by atoms with van der Waals surface area (Å²) in [4.78, 5) is 17.2. The summed E-state index contributed by atoms with van der Waals surface area (Å²) in [6.45, 7) is 1.19. The Labute approximate surface area is 53.4 Å². The molecule has 1 unspecified atom stereocenters. The summed E-state index contributed by atoms with van der Waals surface area (Å²) in [7, 11) is -3.78. The molecule has 9 heavy (non-hydrogen) atoms. The third-order valence-corrected chi connectivity index (χ3v) is 2.90. The Morgan fingerprint density at radius 3 is 2.44 bits per heavy atom. The van der Waals surface area contributed by atoms with Crippen molar-refractivity contribution in [3.8, 4) is 0 Å². The van der Waals surface area contributed by atoms with Crippen LogP contribution in [0.25, 0.3) is 0 Å². The van der Waals surface area contributed by atoms with E-state index in [-0.39, 0.29) is 0 Å². The van der Waals surface area contributed by atoms with Gasteiger partial charge in [0, 0.05) is 6.54 Å². The lowest BCUT2D eigenvalue weighted by atomic mass is 10.4. The second kappa shape index (κ2) is 2.39. The molecule has 1 heterocycles. The zero-order chi connectivity index (χ0) is 6.91. The van der Waals surface area contributed by atoms with Crippen molar-refractivity contribution in [3.05, 3.63) is 0 Å². The van der Waals surface area contributed by atoms with Crippen molar-refractivity contribution >= 4 is 7.60 Å². The van der Waals surface area contributed by atoms with E-state index < -0.39 is 13.3 Å². The van der Waals surface area contributed by atoms with Crippen LogP contribution in [0.1, 0.15) is 6.42 Å². The molecule has 1 saturated heterocycles. The summed E-state index contributed by atoms with van der Waals surface area (Å²) in [6, 6.07) is 0. The van der Waals surface area contributed by atoms with Crippen LogP contribution in [0.5, 0.6) is 0 Å². The van der Waals surface area contributed by atoms with Crippen molar-refractivity contribution in [2.45, 2.75) is 12.1 Å². The van der Waals surface area contributed by atoms with Gasteiger partial charge in [-0.25, -0.2) is 0 Å². The molecule has 0 aliphatic carbocycles. The van der Waals surface area contributed by atoms with E-state index in [1.807, 2.05) is 0 Å². The molecule has 0 saturated carbocycles. The predicted octanol–water partition coefficient (Wildman–Crippen LogP) is -0.474. The van der Waals surface area contributed by atoms with Crippen molar-refractivity contribution in [1.29, 1.82) is 0 Å². The first kappa shape index (κ1) is 7.22. The first-order valence-electron chi connectivity index (χ1n) is 2.86. The maximum absolute atomic E-state index is 10.5. The van der Waals surface area contributed by atoms with Crippen LogP contribution in [0.3, 0.4) is 0 Å². The maximum atomic E-state index is 10.5. The normalized spacial score (nSPS) is 28.9. The van der Waals surface area contributed by atoms with Crippen molar-refractivity contribution < 1.29 is 14.4 Å². The highest BCUT2D eigenvalue weighted by Crippen LogP contribution is 2.43. The van der Waals surface area contributed by atoms with Crippen LogP contribution in [0.15, 0.2) is 0 Å². The lowest BCUT2D eigenvalue weighted by Crippen LogP contribution is -2.13. The van der Waals surface area contributed by atoms with Gasteiger partial charge in [-0.1, -0.05) is 0 Å². The summed E-state index contributed by atoms with van der Waals surface area (Å²) in [6.07, 6.45) is 0.601. The van der Waals surface area contributed by atoms with E-state index in [1.54, 1.807) is 0 Å². The molecule has 0 aromatic heterocycles. The minimum absolute atomic E-state index is 0.433. The van der Waals surface area contributed by atoms with Crippen molar-refractivity contribution in [2.24, 2.45) is 0 Å². The maximum Gasteiger partial charge on any atom is 0.329 e. The summed E-state index contributed by atoms with van der Waals surface area (Å²) in [5.41, 5.74) is -0.433. The molecule has 1 aliphatic heterocycles. The molecule has 1 rings (SSSR count). The van der Waals surface area contributed by atoms with E-state index >= 15 is 0 Å². The molecule has 4 nitrogen and oxygen atoms in total. The molecule has 1 fully saturated rings. The zero-order valence-corrected chi connectivity index (χ0v) is 5.84. The Bertz CT molecular complexity index is 137. The molecule has 0 radical (unpaired) electrons. The van der Waals surface area contributed by atoms with Crippen LogP contribution >= 0.6 is 7.60 Å². The van der Waals surface area contributed by atoms with Gasteiger partial charge >= 0.3 is 7.60 Å². The SMILES string of the molecule is O=P(O)(O)C1CCNC1. The van der Waals surface area contributed by atoms with Gasteiger partial charge < -0.3 is 15.1 Å². The summed E-state index contributed by atoms with van der Waals surface area (Å²) in [5, 5.41) is 2.89. The topological polar surface area (TPSA) is 69.6 Å². The quantitative estimate of drug-likeness (QED) is 0.443. The number of nitrogens with one attached hydrogen (secondary N) is 1. The minimum atomic E-state index is -3.78. The predicted molar refractivity (Wildman–Crippen MR) is 33.3 cm³/mol. The second-order valence-corrected chi connectivity index (χ2v) is 4.14. The van der Waals surface area contributed by atoms with Crippen molar-refractivity contribution in [2.75, 3.05) is 13.1 Å². The molecular formula is C4H10NO3P. The Morgan fingerprint density at radius 1 is 1.56 bits per heavy atom. The molecular weight excluding hydrogens is 141 g/mol. The lowest BCUT2D eigenvalue weighted by molar-refractivity contribution is 0.360. The van der Waals surface area contributed by atoms with Gasteiger partial charge in [-0.3, -0.25) is 4.57 Å². The monoisotopic (exact) mass is 151 g/mol. The van der Waals surface area contributed by atoms with Crippen LogP contribution in [-0.2, 0) is 4.57 Å². The highest BCUT2D eigenvalue weighted by Gasteiger charge is 2.30. The number of hydrogen-bond donors (Lipinski definition) is 3. The molecule has 5 heteroatoms. The van der Waals surface area contributed by atoms with Gasteiger partial charge in [0.15, 0.2) is 0 Å². The third kappa shape index (κ3) is 1.76. The lowest BCUT2D eigenvalue weighted by Gasteiger charge is -2.08. The fraction of sp³-hybridized carbons (Fsp3) is 1.00. The fourth-order valence-corrected chi connectivity index (χ4v) is 1.76. The molecule has 0 aromatic rings. The van der Waals surface area contributed by atoms with Gasteiger partial charge in [0.25, 0.3) is 0 Å². The van der Waals surface area contributed by atoms with E-state index in [9.17, 15) is 4.57 Å². The Balaban J connectivity index is 2.52. The Kier molecular flexibility index (Phi) is 1.91. The molecule has 3 N–H and O–H groups in total. The largest absolute Gasteiger partial charge is 0.329 e. The molecule has 0 spiro atoms. The van der Waals surface area contributed by atoms with E-state index in [2.05, 4.69) is 5.32 Å². The van der Waals surface area contributed by atoms with Gasteiger partial charge in [-0.2, -0.15) is 0 Å². The molecule has 0 amide bonds. The molecule has 1 aliphatic rings. The fourth-order valence-electron chi connectivity index (χ4n) is 0.927. The highest BCUT2D eigenvalue weighted by atomic mass is 31.2. The van der Waals surface area contributed by atoms with Gasteiger partial charge in [0.1, 0.15) is 0 Å². The van der Waals surface area contributed by atoms with Crippen LogP contribution < -0.4 is 5.32 Å². The standard InChI is InChI=1S/C4H10NO3P/c6-9(7,8)4-1-2-5-3-4/h4-5H,1-3H2,(H2,6,7,8). The summed E-state index contributed by atoms with van der Waals surface area (Å²) >= 11 is 0. The smallest absolute Gasteiger partial charge is 0.324 e. The third-order valence-electron chi connectivity index (χ3n) is 1.51. The first-order chi connectivity index (χ1) is 4.11. The molecule has 0 bridgehead atoms. The van der Waals surface area contributed by atoms with Gasteiger partial charge in [-0.05, 0) is 13.0 Å². The zero-order valence-electron chi connectivity index (χ0n) is 4.95. The van der Waals surface area contributed by atoms with Gasteiger partial charge in [-0.15, -0.1) is 0 Å². The first-order valence-corrected chi connectivity index (χ1v) is 4.55. The molecule has 0 aromatic carbocycles. The summed E-state index contributed by atoms with van der Waals surface area (Å²) < 4.78 is 10.5. The minimum Gasteiger partial charge on any atom is -0.324 e. The van der Waals surface area contributed by atoms with Crippen LogP contribution in [0.2, 0.25) is 0 Å². The number of hydrogen-bond acceptors (Lipinski definition) is 2. The second-order valence-electron chi connectivity index (χ2n) is 2.24. The van der Waals surface area contributed by atoms with Crippen LogP contribution in [0.4, 0.5) is 0 Å². The van der Waals surface area contributed by atoms with Crippen LogP contribution in [-0.4, -0.2) is 28.5 Å². The highest BCUT2D eigenvalue weighted by molar-refractivity contribution is 7.52. The average molecular weight is 151 g/mol. The van der Waals surface area contributed by atoms with Gasteiger partial charge in [0.2, 0.25) is 0 Å². The average Bonchev–Trinajstić information content (AvgIpc) is 2.08. The molecule has 1 atom stereocenters. The van der Waals surface area contributed by atoms with Crippen molar-refractivity contribution in [3.63, 3.8) is 0 Å². The van der Waals surface area contributed by atoms with Gasteiger partial charge in [0.05, 0.1) is 5.66 Å². The Morgan fingerprint density at radius 2 is 2.22 bits per heavy atom. The van der Waals surface area contributed by atoms with E-state index in [1.165, 1.54) is 0 Å². The molecule has 54 valence electrons. The number of rotatable bonds is 1. The van der Waals surface area contributed by atoms with Crippen LogP contribution in [0, 0.1) is 0 Å². The van der Waals surface area contributed by atoms with E-state index in [0.29, 0.717) is 13.0 Å².